The van der Waals surface area contributed by atoms with Gasteiger partial charge < -0.3 is 5.11 Å². The quantitative estimate of drug-likeness (QED) is 0.823. The zero-order valence-electron chi connectivity index (χ0n) is 10.4. The second kappa shape index (κ2) is 4.04. The molecule has 1 aliphatic rings. The number of hydrogen-bond donors (Lipinski definition) is 2. The Balaban J connectivity index is 2.24. The maximum absolute atomic E-state index is 12.0. The van der Waals surface area contributed by atoms with Crippen LogP contribution in [0.5, 0.6) is 5.75 Å². The summed E-state index contributed by atoms with van der Waals surface area (Å²) in [6.07, 6.45) is 0.492. The summed E-state index contributed by atoms with van der Waals surface area (Å²) in [4.78, 5) is 12.0. The first kappa shape index (κ1) is 11.9. The first-order valence-corrected chi connectivity index (χ1v) is 5.82. The number of rotatable bonds is 2. The van der Waals surface area contributed by atoms with Gasteiger partial charge in [-0.25, -0.2) is 10.4 Å². The molecule has 1 atom stereocenters. The van der Waals surface area contributed by atoms with Crippen molar-refractivity contribution in [3.05, 3.63) is 24.3 Å². The molecule has 1 unspecified atom stereocenters. The smallest absolute Gasteiger partial charge is 0.243 e. The molecule has 1 aromatic rings. The minimum absolute atomic E-state index is 0.0619. The zero-order chi connectivity index (χ0) is 12.6. The normalized spacial score (nSPS) is 24.7. The first-order chi connectivity index (χ1) is 7.92. The van der Waals surface area contributed by atoms with E-state index in [-0.39, 0.29) is 17.2 Å². The Kier molecular flexibility index (Phi) is 2.83. The molecule has 0 aromatic heterocycles. The highest BCUT2D eigenvalue weighted by Gasteiger charge is 2.41. The van der Waals surface area contributed by atoms with Crippen molar-refractivity contribution in [3.8, 4) is 5.75 Å². The molecular formula is C13H18N2O2. The minimum atomic E-state index is -0.199. The fraction of sp³-hybridized carbons (Fsp3) is 0.462. The molecule has 0 spiro atoms. The predicted molar refractivity (Wildman–Crippen MR) is 66.6 cm³/mol. The number of amides is 1. The van der Waals surface area contributed by atoms with Crippen molar-refractivity contribution in [1.29, 1.82) is 0 Å². The minimum Gasteiger partial charge on any atom is -0.508 e. The van der Waals surface area contributed by atoms with Crippen molar-refractivity contribution in [2.45, 2.75) is 32.7 Å². The van der Waals surface area contributed by atoms with Crippen molar-refractivity contribution in [2.24, 2.45) is 5.92 Å². The fourth-order valence-corrected chi connectivity index (χ4v) is 1.89. The Bertz CT molecular complexity index is 428. The number of carbonyl (C=O) groups is 1. The van der Waals surface area contributed by atoms with Crippen LogP contribution in [-0.4, -0.2) is 16.6 Å². The van der Waals surface area contributed by atoms with Crippen LogP contribution in [0.1, 0.15) is 27.2 Å². The van der Waals surface area contributed by atoms with Crippen LogP contribution in [0.25, 0.3) is 0 Å². The summed E-state index contributed by atoms with van der Waals surface area (Å²) in [6, 6.07) is 6.61. The molecule has 1 fully saturated rings. The monoisotopic (exact) mass is 234 g/mol. The fourth-order valence-electron chi connectivity index (χ4n) is 1.89. The van der Waals surface area contributed by atoms with Crippen molar-refractivity contribution in [3.63, 3.8) is 0 Å². The van der Waals surface area contributed by atoms with E-state index in [9.17, 15) is 9.90 Å². The number of aromatic hydroxyl groups is 1. The molecule has 17 heavy (non-hydrogen) atoms. The van der Waals surface area contributed by atoms with E-state index in [1.807, 2.05) is 0 Å². The van der Waals surface area contributed by atoms with Gasteiger partial charge in [-0.2, -0.15) is 0 Å². The number of hydrazine groups is 1. The number of benzene rings is 1. The molecule has 1 saturated heterocycles. The molecule has 1 amide bonds. The zero-order valence-corrected chi connectivity index (χ0v) is 10.4. The maximum Gasteiger partial charge on any atom is 0.243 e. The molecular weight excluding hydrogens is 216 g/mol. The number of carbonyl (C=O) groups excluding carboxylic acids is 1. The third-order valence-electron chi connectivity index (χ3n) is 3.52. The van der Waals surface area contributed by atoms with Gasteiger partial charge in [0.25, 0.3) is 0 Å². The van der Waals surface area contributed by atoms with E-state index in [1.165, 1.54) is 0 Å². The van der Waals surface area contributed by atoms with Crippen molar-refractivity contribution in [2.75, 3.05) is 5.01 Å². The summed E-state index contributed by atoms with van der Waals surface area (Å²) >= 11 is 0. The second-order valence-electron chi connectivity index (χ2n) is 5.11. The lowest BCUT2D eigenvalue weighted by Gasteiger charge is -2.29. The Hall–Kier alpha value is -1.55. The third kappa shape index (κ3) is 2.13. The van der Waals surface area contributed by atoms with Crippen LogP contribution in [0.15, 0.2) is 24.3 Å². The van der Waals surface area contributed by atoms with Gasteiger partial charge in [0.05, 0.1) is 5.69 Å². The number of nitrogens with zero attached hydrogens (tertiary/aromatic N) is 1. The van der Waals surface area contributed by atoms with Crippen molar-refractivity contribution < 1.29 is 9.90 Å². The number of phenols is 1. The molecule has 1 aliphatic heterocycles. The van der Waals surface area contributed by atoms with E-state index in [0.717, 1.165) is 5.69 Å². The summed E-state index contributed by atoms with van der Waals surface area (Å²) in [6.45, 7) is 6.25. The van der Waals surface area contributed by atoms with Crippen LogP contribution in [0, 0.1) is 5.92 Å². The van der Waals surface area contributed by atoms with Crippen LogP contribution in [0.2, 0.25) is 0 Å². The Morgan fingerprint density at radius 1 is 1.35 bits per heavy atom. The van der Waals surface area contributed by atoms with Crippen LogP contribution in [-0.2, 0) is 4.79 Å². The Morgan fingerprint density at radius 3 is 2.41 bits per heavy atom. The highest BCUT2D eigenvalue weighted by Crippen LogP contribution is 2.30. The standard InChI is InChI=1S/C13H18N2O2/c1-9(2)13(3)8-12(17)15(14-13)10-4-6-11(16)7-5-10/h4-7,9,14,16H,8H2,1-3H3. The number of anilines is 1. The van der Waals surface area contributed by atoms with Crippen molar-refractivity contribution in [1.82, 2.24) is 5.43 Å². The van der Waals surface area contributed by atoms with E-state index in [4.69, 9.17) is 0 Å². The van der Waals surface area contributed by atoms with Gasteiger partial charge in [-0.3, -0.25) is 4.79 Å². The summed E-state index contributed by atoms with van der Waals surface area (Å²) < 4.78 is 0. The van der Waals surface area contributed by atoms with Crippen molar-refractivity contribution >= 4 is 11.6 Å². The van der Waals surface area contributed by atoms with Crippen LogP contribution in [0.4, 0.5) is 5.69 Å². The van der Waals surface area contributed by atoms with E-state index >= 15 is 0 Å². The van der Waals surface area contributed by atoms with E-state index in [2.05, 4.69) is 26.2 Å². The topological polar surface area (TPSA) is 52.6 Å². The van der Waals surface area contributed by atoms with Gasteiger partial charge in [0.15, 0.2) is 0 Å². The van der Waals surface area contributed by atoms with E-state index in [0.29, 0.717) is 12.3 Å². The summed E-state index contributed by atoms with van der Waals surface area (Å²) in [5, 5.41) is 10.8. The highest BCUT2D eigenvalue weighted by atomic mass is 16.3. The van der Waals surface area contributed by atoms with Gasteiger partial charge in [0.2, 0.25) is 5.91 Å². The summed E-state index contributed by atoms with van der Waals surface area (Å²) in [7, 11) is 0. The van der Waals surface area contributed by atoms with E-state index in [1.54, 1.807) is 29.3 Å². The molecule has 0 bridgehead atoms. The number of nitrogens with one attached hydrogen (secondary N) is 1. The molecule has 2 N–H and O–H groups in total. The largest absolute Gasteiger partial charge is 0.508 e. The molecule has 4 nitrogen and oxygen atoms in total. The lowest BCUT2D eigenvalue weighted by atomic mass is 9.87. The molecule has 92 valence electrons. The Morgan fingerprint density at radius 2 is 1.94 bits per heavy atom. The molecule has 1 aromatic carbocycles. The van der Waals surface area contributed by atoms with Crippen LogP contribution >= 0.6 is 0 Å². The van der Waals surface area contributed by atoms with Gasteiger partial charge >= 0.3 is 0 Å². The predicted octanol–water partition coefficient (Wildman–Crippen LogP) is 2.05. The number of phenolic OH excluding ortho intramolecular Hbond substituents is 1. The molecule has 4 heteroatoms. The molecule has 0 saturated carbocycles. The SMILES string of the molecule is CC(C)C1(C)CC(=O)N(c2ccc(O)cc2)N1. The maximum atomic E-state index is 12.0. The highest BCUT2D eigenvalue weighted by molar-refractivity contribution is 5.95. The molecule has 0 aliphatic carbocycles. The van der Waals surface area contributed by atoms with Crippen LogP contribution < -0.4 is 10.4 Å². The van der Waals surface area contributed by atoms with E-state index < -0.39 is 0 Å². The summed E-state index contributed by atoms with van der Waals surface area (Å²) in [5.41, 5.74) is 3.82. The number of hydrogen-bond acceptors (Lipinski definition) is 3. The van der Waals surface area contributed by atoms with Gasteiger partial charge in [-0.1, -0.05) is 13.8 Å². The lowest BCUT2D eigenvalue weighted by Crippen LogP contribution is -2.47. The van der Waals surface area contributed by atoms with Gasteiger partial charge in [-0.15, -0.1) is 0 Å². The van der Waals surface area contributed by atoms with Gasteiger partial charge in [0, 0.05) is 12.0 Å². The third-order valence-corrected chi connectivity index (χ3v) is 3.52. The Labute approximate surface area is 101 Å². The molecule has 1 heterocycles. The molecule has 0 radical (unpaired) electrons. The average molecular weight is 234 g/mol. The lowest BCUT2D eigenvalue weighted by molar-refractivity contribution is -0.117. The first-order valence-electron chi connectivity index (χ1n) is 5.82. The summed E-state index contributed by atoms with van der Waals surface area (Å²) in [5.74, 6) is 0.632. The van der Waals surface area contributed by atoms with Crippen LogP contribution in [0.3, 0.4) is 0 Å². The average Bonchev–Trinajstić information content (AvgIpc) is 2.57. The second-order valence-corrected chi connectivity index (χ2v) is 5.11. The van der Waals surface area contributed by atoms with Gasteiger partial charge in [-0.05, 0) is 37.1 Å². The molecule has 2 rings (SSSR count). The van der Waals surface area contributed by atoms with Gasteiger partial charge in [0.1, 0.15) is 5.75 Å².